The molecule has 9 nitrogen and oxygen atoms in total. The summed E-state index contributed by atoms with van der Waals surface area (Å²) in [7, 11) is 0. The minimum Gasteiger partial charge on any atom is -0.388 e. The lowest BCUT2D eigenvalue weighted by Crippen LogP contribution is -2.52. The van der Waals surface area contributed by atoms with Gasteiger partial charge in [-0.1, -0.05) is 0 Å². The summed E-state index contributed by atoms with van der Waals surface area (Å²) in [6.07, 6.45) is -1.36. The van der Waals surface area contributed by atoms with E-state index in [1.807, 2.05) is 0 Å². The monoisotopic (exact) mass is 454 g/mol. The van der Waals surface area contributed by atoms with Crippen LogP contribution in [-0.4, -0.2) is 76.1 Å². The predicted molar refractivity (Wildman–Crippen MR) is 107 cm³/mol. The van der Waals surface area contributed by atoms with Crippen molar-refractivity contribution in [2.75, 3.05) is 30.5 Å². The van der Waals surface area contributed by atoms with Crippen LogP contribution in [0.15, 0.2) is 11.3 Å². The summed E-state index contributed by atoms with van der Waals surface area (Å²) >= 11 is 0. The van der Waals surface area contributed by atoms with Gasteiger partial charge in [0, 0.05) is 24.1 Å². The third-order valence-electron chi connectivity index (χ3n) is 7.05. The first kappa shape index (κ1) is 20.4. The van der Waals surface area contributed by atoms with E-state index in [0.717, 1.165) is 37.6 Å². The third-order valence-corrected chi connectivity index (χ3v) is 7.05. The molecule has 4 unspecified atom stereocenters. The number of aliphatic hydroxyl groups excluding tert-OH is 1. The zero-order valence-corrected chi connectivity index (χ0v) is 17.3. The fourth-order valence-corrected chi connectivity index (χ4v) is 4.90. The van der Waals surface area contributed by atoms with Crippen molar-refractivity contribution in [2.24, 2.45) is 16.9 Å². The van der Waals surface area contributed by atoms with E-state index < -0.39 is 30.1 Å². The summed E-state index contributed by atoms with van der Waals surface area (Å²) in [5.41, 5.74) is -0.00251. The second-order valence-corrected chi connectivity index (χ2v) is 9.24. The normalized spacial score (nSPS) is 36.8. The first-order chi connectivity index (χ1) is 15.4. The molecule has 0 spiro atoms. The number of aromatic nitrogens is 2. The first-order valence-corrected chi connectivity index (χ1v) is 11.1. The second-order valence-electron chi connectivity index (χ2n) is 9.24. The number of rotatable bonds is 2. The molecule has 2 aliphatic carbocycles. The number of ether oxygens (including phenoxy) is 2. The molecular weight excluding hydrogens is 429 g/mol. The largest absolute Gasteiger partial charge is 0.421 e. The van der Waals surface area contributed by atoms with Crippen LogP contribution in [0.2, 0.25) is 0 Å². The summed E-state index contributed by atoms with van der Waals surface area (Å²) in [6.45, 7) is 0.947. The zero-order valence-electron chi connectivity index (χ0n) is 17.3. The van der Waals surface area contributed by atoms with E-state index >= 15 is 0 Å². The van der Waals surface area contributed by atoms with Gasteiger partial charge >= 0.3 is 6.18 Å². The van der Waals surface area contributed by atoms with Gasteiger partial charge in [0.25, 0.3) is 0 Å². The fourth-order valence-electron chi connectivity index (χ4n) is 4.90. The van der Waals surface area contributed by atoms with E-state index in [-0.39, 0.29) is 42.3 Å². The lowest BCUT2D eigenvalue weighted by molar-refractivity contribution is -0.137. The number of nitrogens with one attached hydrogen (secondary N) is 2. The molecule has 1 saturated heterocycles. The Hall–Kier alpha value is -2.18. The van der Waals surface area contributed by atoms with Crippen LogP contribution in [-0.2, 0) is 15.7 Å². The molecule has 0 aromatic carbocycles. The summed E-state index contributed by atoms with van der Waals surface area (Å²) in [5.74, 6) is 0.222. The molecule has 0 radical (unpaired) electrons. The Morgan fingerprint density at radius 2 is 1.94 bits per heavy atom. The first-order valence-electron chi connectivity index (χ1n) is 11.1. The number of aliphatic hydroxyl groups is 1. The highest BCUT2D eigenvalue weighted by molar-refractivity contribution is 5.96. The molecule has 2 bridgehead atoms. The average molecular weight is 454 g/mol. The van der Waals surface area contributed by atoms with Gasteiger partial charge in [-0.2, -0.15) is 23.3 Å². The van der Waals surface area contributed by atoms with E-state index in [1.165, 1.54) is 0 Å². The maximum absolute atomic E-state index is 13.6. The molecule has 4 heterocycles. The highest BCUT2D eigenvalue weighted by atomic mass is 19.4. The van der Waals surface area contributed by atoms with Crippen LogP contribution >= 0.6 is 0 Å². The number of fused-ring (bicyclic) bond motifs is 4. The second kappa shape index (κ2) is 7.42. The Bertz CT molecular complexity index is 926. The van der Waals surface area contributed by atoms with Gasteiger partial charge in [0.05, 0.1) is 25.5 Å². The van der Waals surface area contributed by atoms with Crippen molar-refractivity contribution in [2.45, 2.75) is 62.3 Å². The van der Waals surface area contributed by atoms with Crippen LogP contribution < -0.4 is 10.6 Å². The summed E-state index contributed by atoms with van der Waals surface area (Å²) < 4.78 is 52.5. The van der Waals surface area contributed by atoms with Crippen LogP contribution in [0.25, 0.3) is 0 Å². The zero-order chi connectivity index (χ0) is 22.0. The van der Waals surface area contributed by atoms with E-state index in [2.05, 4.69) is 20.6 Å². The maximum Gasteiger partial charge on any atom is 0.421 e. The molecule has 6 rings (SSSR count). The van der Waals surface area contributed by atoms with E-state index in [9.17, 15) is 18.3 Å². The number of alkyl halides is 3. The molecule has 2 saturated carbocycles. The molecule has 3 N–H and O–H groups in total. The Balaban J connectivity index is 1.38. The molecular formula is C20H25F3N6O3. The lowest BCUT2D eigenvalue weighted by Gasteiger charge is -2.39. The van der Waals surface area contributed by atoms with Crippen molar-refractivity contribution >= 4 is 17.5 Å². The lowest BCUT2D eigenvalue weighted by atomic mass is 9.80. The predicted octanol–water partition coefficient (Wildman–Crippen LogP) is 1.66. The summed E-state index contributed by atoms with van der Waals surface area (Å²) in [5, 5.41) is 23.2. The molecule has 12 heteroatoms. The average Bonchev–Trinajstić information content (AvgIpc) is 3.40. The van der Waals surface area contributed by atoms with Gasteiger partial charge in [0.2, 0.25) is 5.95 Å². The number of halogens is 3. The van der Waals surface area contributed by atoms with Crippen molar-refractivity contribution in [1.29, 1.82) is 0 Å². The van der Waals surface area contributed by atoms with Crippen LogP contribution in [0, 0.1) is 11.8 Å². The number of nitrogens with zero attached hydrogens (tertiary/aromatic N) is 4. The molecule has 3 fully saturated rings. The van der Waals surface area contributed by atoms with E-state index in [0.29, 0.717) is 13.2 Å². The third kappa shape index (κ3) is 3.48. The Kier molecular flexibility index (Phi) is 4.74. The number of hydrogen-bond acceptors (Lipinski definition) is 9. The van der Waals surface area contributed by atoms with Crippen LogP contribution in [0.5, 0.6) is 0 Å². The van der Waals surface area contributed by atoms with Crippen LogP contribution in [0.1, 0.15) is 31.2 Å². The van der Waals surface area contributed by atoms with Gasteiger partial charge in [-0.25, -0.2) is 4.98 Å². The van der Waals surface area contributed by atoms with Gasteiger partial charge in [0.15, 0.2) is 6.23 Å². The van der Waals surface area contributed by atoms with Crippen molar-refractivity contribution in [3.63, 3.8) is 0 Å². The summed E-state index contributed by atoms with van der Waals surface area (Å²) in [6, 6.07) is -0.920. The quantitative estimate of drug-likeness (QED) is 0.620. The molecule has 1 aromatic rings. The SMILES string of the molecule is O[C@H]1COC[C@@H]1N1N=C(C2CC2)C2Nc3ncc(C(F)(F)F)c(n3)NC3CCC3COC21. The highest BCUT2D eigenvalue weighted by Gasteiger charge is 2.50. The fraction of sp³-hybridized carbons (Fsp3) is 0.750. The van der Waals surface area contributed by atoms with Gasteiger partial charge in [0.1, 0.15) is 29.6 Å². The summed E-state index contributed by atoms with van der Waals surface area (Å²) in [4.78, 5) is 8.19. The Labute approximate surface area is 182 Å². The smallest absolute Gasteiger partial charge is 0.388 e. The highest BCUT2D eigenvalue weighted by Crippen LogP contribution is 2.41. The van der Waals surface area contributed by atoms with Crippen molar-refractivity contribution in [1.82, 2.24) is 15.0 Å². The van der Waals surface area contributed by atoms with Gasteiger partial charge in [-0.05, 0) is 25.7 Å². The van der Waals surface area contributed by atoms with Gasteiger partial charge in [-0.15, -0.1) is 0 Å². The molecule has 174 valence electrons. The molecule has 6 atom stereocenters. The minimum atomic E-state index is -4.55. The Morgan fingerprint density at radius 3 is 2.59 bits per heavy atom. The standard InChI is InChI=1S/C20H25F3N6O3/c21-20(22,23)11-5-24-19-26-16-15(9-1-2-9)28-29(13-7-31-8-14(13)30)18(16)32-6-10-3-4-12(10)25-17(11)27-19/h5,9-10,12-14,16,18,30H,1-4,6-8H2,(H2,24,25,26,27)/t10?,12?,13-,14-,16?,18?/m0/s1. The molecule has 5 aliphatic rings. The van der Waals surface area contributed by atoms with Crippen molar-refractivity contribution < 1.29 is 27.8 Å². The molecule has 32 heavy (non-hydrogen) atoms. The van der Waals surface area contributed by atoms with Crippen LogP contribution in [0.3, 0.4) is 0 Å². The number of anilines is 2. The van der Waals surface area contributed by atoms with Gasteiger partial charge in [-0.3, -0.25) is 5.01 Å². The van der Waals surface area contributed by atoms with Crippen molar-refractivity contribution in [3.05, 3.63) is 11.8 Å². The molecule has 1 aromatic heterocycles. The molecule has 3 aliphatic heterocycles. The Morgan fingerprint density at radius 1 is 1.09 bits per heavy atom. The topological polar surface area (TPSA) is 104 Å². The molecule has 0 amide bonds. The van der Waals surface area contributed by atoms with E-state index in [1.54, 1.807) is 5.01 Å². The number of hydrazone groups is 1. The minimum absolute atomic E-state index is 0.0600. The van der Waals surface area contributed by atoms with E-state index in [4.69, 9.17) is 14.6 Å². The maximum atomic E-state index is 13.6. The van der Waals surface area contributed by atoms with Gasteiger partial charge < -0.3 is 25.2 Å². The number of hydrogen-bond donors (Lipinski definition) is 3. The van der Waals surface area contributed by atoms with Crippen molar-refractivity contribution in [3.8, 4) is 0 Å². The van der Waals surface area contributed by atoms with Crippen LogP contribution in [0.4, 0.5) is 24.9 Å².